The molecule has 4 nitrogen and oxygen atoms in total. The molecule has 0 radical (unpaired) electrons. The molecule has 2 heterocycles. The highest BCUT2D eigenvalue weighted by Crippen LogP contribution is 2.13. The van der Waals surface area contributed by atoms with Crippen molar-refractivity contribution in [3.8, 4) is 0 Å². The number of amides is 1. The standard InChI is InChI=1S/C16H21N3O/c1-4-19(10-7-14-5-8-17-9-6-14)16(20)15-11-12(2)18-13(15)3/h5-6,8-9,11,18H,4,7,10H2,1-3H3. The van der Waals surface area contributed by atoms with Crippen LogP contribution in [0.2, 0.25) is 0 Å². The van der Waals surface area contributed by atoms with Gasteiger partial charge in [-0.15, -0.1) is 0 Å². The van der Waals surface area contributed by atoms with Gasteiger partial charge in [0, 0.05) is 36.9 Å². The van der Waals surface area contributed by atoms with Crippen LogP contribution < -0.4 is 0 Å². The number of nitrogens with one attached hydrogen (secondary N) is 1. The number of aromatic nitrogens is 2. The molecule has 0 aliphatic rings. The Kier molecular flexibility index (Phi) is 4.56. The maximum absolute atomic E-state index is 12.5. The SMILES string of the molecule is CCN(CCc1ccncc1)C(=O)c1cc(C)[nH]c1C. The molecule has 20 heavy (non-hydrogen) atoms. The molecule has 2 rings (SSSR count). The summed E-state index contributed by atoms with van der Waals surface area (Å²) in [6, 6.07) is 5.90. The highest BCUT2D eigenvalue weighted by molar-refractivity contribution is 5.95. The van der Waals surface area contributed by atoms with Gasteiger partial charge >= 0.3 is 0 Å². The molecule has 0 aliphatic heterocycles. The van der Waals surface area contributed by atoms with Gasteiger partial charge in [0.15, 0.2) is 0 Å². The average Bonchev–Trinajstić information content (AvgIpc) is 2.79. The lowest BCUT2D eigenvalue weighted by atomic mass is 10.1. The Hall–Kier alpha value is -2.10. The van der Waals surface area contributed by atoms with E-state index in [2.05, 4.69) is 9.97 Å². The van der Waals surface area contributed by atoms with Gasteiger partial charge in [-0.3, -0.25) is 9.78 Å². The zero-order valence-corrected chi connectivity index (χ0v) is 12.3. The molecule has 2 aromatic rings. The molecule has 0 aliphatic carbocycles. The topological polar surface area (TPSA) is 49.0 Å². The van der Waals surface area contributed by atoms with Crippen LogP contribution in [0.1, 0.15) is 34.2 Å². The first-order chi connectivity index (χ1) is 9.61. The Morgan fingerprint density at radius 1 is 1.30 bits per heavy atom. The van der Waals surface area contributed by atoms with Crippen molar-refractivity contribution in [1.82, 2.24) is 14.9 Å². The van der Waals surface area contributed by atoms with Crippen LogP contribution in [0.3, 0.4) is 0 Å². The zero-order chi connectivity index (χ0) is 14.5. The van der Waals surface area contributed by atoms with Crippen molar-refractivity contribution in [2.75, 3.05) is 13.1 Å². The van der Waals surface area contributed by atoms with Gasteiger partial charge in [-0.1, -0.05) is 0 Å². The van der Waals surface area contributed by atoms with Crippen LogP contribution in [0, 0.1) is 13.8 Å². The molecule has 1 amide bonds. The van der Waals surface area contributed by atoms with Crippen molar-refractivity contribution in [2.45, 2.75) is 27.2 Å². The molecule has 0 spiro atoms. The largest absolute Gasteiger partial charge is 0.362 e. The van der Waals surface area contributed by atoms with Gasteiger partial charge in [0.05, 0.1) is 5.56 Å². The van der Waals surface area contributed by atoms with Gasteiger partial charge in [-0.25, -0.2) is 0 Å². The number of carbonyl (C=O) groups excluding carboxylic acids is 1. The summed E-state index contributed by atoms with van der Waals surface area (Å²) in [5.74, 6) is 0.100. The summed E-state index contributed by atoms with van der Waals surface area (Å²) in [6.45, 7) is 7.36. The van der Waals surface area contributed by atoms with Crippen LogP contribution in [-0.2, 0) is 6.42 Å². The summed E-state index contributed by atoms with van der Waals surface area (Å²) >= 11 is 0. The monoisotopic (exact) mass is 271 g/mol. The van der Waals surface area contributed by atoms with E-state index in [9.17, 15) is 4.79 Å². The third-order valence-corrected chi connectivity index (χ3v) is 3.47. The number of aryl methyl sites for hydroxylation is 2. The van der Waals surface area contributed by atoms with Crippen molar-refractivity contribution in [3.63, 3.8) is 0 Å². The molecule has 0 aromatic carbocycles. The molecule has 1 N–H and O–H groups in total. The fraction of sp³-hybridized carbons (Fsp3) is 0.375. The number of hydrogen-bond donors (Lipinski definition) is 1. The van der Waals surface area contributed by atoms with E-state index in [0.717, 1.165) is 29.9 Å². The number of pyridine rings is 1. The zero-order valence-electron chi connectivity index (χ0n) is 12.3. The van der Waals surface area contributed by atoms with Crippen LogP contribution in [0.4, 0.5) is 0 Å². The van der Waals surface area contributed by atoms with Crippen LogP contribution in [0.5, 0.6) is 0 Å². The van der Waals surface area contributed by atoms with E-state index < -0.39 is 0 Å². The Bertz CT molecular complexity index is 575. The summed E-state index contributed by atoms with van der Waals surface area (Å²) in [5, 5.41) is 0. The summed E-state index contributed by atoms with van der Waals surface area (Å²) in [6.07, 6.45) is 4.42. The summed E-state index contributed by atoms with van der Waals surface area (Å²) in [5.41, 5.74) is 3.94. The van der Waals surface area contributed by atoms with Crippen LogP contribution in [-0.4, -0.2) is 33.9 Å². The quantitative estimate of drug-likeness (QED) is 0.909. The molecule has 0 saturated heterocycles. The number of rotatable bonds is 5. The Balaban J connectivity index is 2.05. The number of carbonyl (C=O) groups is 1. The second kappa shape index (κ2) is 6.37. The molecule has 0 atom stereocenters. The molecule has 0 fully saturated rings. The highest BCUT2D eigenvalue weighted by Gasteiger charge is 2.17. The molecule has 0 bridgehead atoms. The predicted octanol–water partition coefficient (Wildman–Crippen LogP) is 2.73. The Labute approximate surface area is 119 Å². The second-order valence-electron chi connectivity index (χ2n) is 4.98. The van der Waals surface area contributed by atoms with Crippen molar-refractivity contribution >= 4 is 5.91 Å². The van der Waals surface area contributed by atoms with Crippen molar-refractivity contribution in [3.05, 3.63) is 53.1 Å². The van der Waals surface area contributed by atoms with Crippen molar-refractivity contribution < 1.29 is 4.79 Å². The van der Waals surface area contributed by atoms with Crippen LogP contribution in [0.15, 0.2) is 30.6 Å². The highest BCUT2D eigenvalue weighted by atomic mass is 16.2. The normalized spacial score (nSPS) is 10.6. The van der Waals surface area contributed by atoms with Gasteiger partial charge in [0.25, 0.3) is 5.91 Å². The smallest absolute Gasteiger partial charge is 0.255 e. The molecule has 4 heteroatoms. The number of H-pyrrole nitrogens is 1. The lowest BCUT2D eigenvalue weighted by Gasteiger charge is -2.20. The maximum atomic E-state index is 12.5. The Morgan fingerprint density at radius 3 is 2.55 bits per heavy atom. The van der Waals surface area contributed by atoms with E-state index in [-0.39, 0.29) is 5.91 Å². The van der Waals surface area contributed by atoms with Crippen LogP contribution >= 0.6 is 0 Å². The number of nitrogens with zero attached hydrogens (tertiary/aromatic N) is 2. The van der Waals surface area contributed by atoms with Crippen LogP contribution in [0.25, 0.3) is 0 Å². The molecule has 0 unspecified atom stereocenters. The first kappa shape index (κ1) is 14.3. The van der Waals surface area contributed by atoms with Crippen molar-refractivity contribution in [2.24, 2.45) is 0 Å². The van der Waals surface area contributed by atoms with E-state index in [1.807, 2.05) is 43.9 Å². The first-order valence-electron chi connectivity index (χ1n) is 6.96. The van der Waals surface area contributed by atoms with Gasteiger partial charge < -0.3 is 9.88 Å². The number of likely N-dealkylation sites (N-methyl/N-ethyl adjacent to an activating group) is 1. The van der Waals surface area contributed by atoms with E-state index in [1.54, 1.807) is 12.4 Å². The minimum atomic E-state index is 0.100. The minimum absolute atomic E-state index is 0.100. The number of aromatic amines is 1. The third-order valence-electron chi connectivity index (χ3n) is 3.47. The van der Waals surface area contributed by atoms with Gasteiger partial charge in [0.1, 0.15) is 0 Å². The summed E-state index contributed by atoms with van der Waals surface area (Å²) in [7, 11) is 0. The maximum Gasteiger partial charge on any atom is 0.255 e. The summed E-state index contributed by atoms with van der Waals surface area (Å²) < 4.78 is 0. The van der Waals surface area contributed by atoms with E-state index >= 15 is 0 Å². The third kappa shape index (κ3) is 3.26. The van der Waals surface area contributed by atoms with E-state index in [4.69, 9.17) is 0 Å². The van der Waals surface area contributed by atoms with Gasteiger partial charge in [0.2, 0.25) is 0 Å². The second-order valence-corrected chi connectivity index (χ2v) is 4.98. The Morgan fingerprint density at radius 2 is 2.00 bits per heavy atom. The lowest BCUT2D eigenvalue weighted by molar-refractivity contribution is 0.0765. The van der Waals surface area contributed by atoms with Gasteiger partial charge in [-0.2, -0.15) is 0 Å². The number of hydrogen-bond acceptors (Lipinski definition) is 2. The fourth-order valence-corrected chi connectivity index (χ4v) is 2.33. The molecule has 2 aromatic heterocycles. The van der Waals surface area contributed by atoms with Crippen molar-refractivity contribution in [1.29, 1.82) is 0 Å². The van der Waals surface area contributed by atoms with E-state index in [1.165, 1.54) is 5.56 Å². The summed E-state index contributed by atoms with van der Waals surface area (Å²) in [4.78, 5) is 21.6. The first-order valence-corrected chi connectivity index (χ1v) is 6.96. The lowest BCUT2D eigenvalue weighted by Crippen LogP contribution is -2.32. The average molecular weight is 271 g/mol. The molecule has 106 valence electrons. The molecular formula is C16H21N3O. The predicted molar refractivity (Wildman–Crippen MR) is 79.8 cm³/mol. The molecular weight excluding hydrogens is 250 g/mol. The van der Waals surface area contributed by atoms with Gasteiger partial charge in [-0.05, 0) is 51.0 Å². The molecule has 0 saturated carbocycles. The van der Waals surface area contributed by atoms with E-state index in [0.29, 0.717) is 6.54 Å². The fourth-order valence-electron chi connectivity index (χ4n) is 2.33. The minimum Gasteiger partial charge on any atom is -0.362 e.